The summed E-state index contributed by atoms with van der Waals surface area (Å²) in [5, 5.41) is -0.814. The lowest BCUT2D eigenvalue weighted by Gasteiger charge is -1.87. The van der Waals surface area contributed by atoms with E-state index in [1.807, 2.05) is 12.1 Å². The van der Waals surface area contributed by atoms with E-state index < -0.39 is 10.5 Å². The Morgan fingerprint density at radius 1 is 0.632 bits per heavy atom. The van der Waals surface area contributed by atoms with E-state index in [9.17, 15) is 9.59 Å². The fourth-order valence-electron chi connectivity index (χ4n) is 1.14. The number of carbonyl (C=O) groups excluding carboxylic acids is 2. The molecule has 2 aromatic rings. The Morgan fingerprint density at radius 3 is 1.05 bits per heavy atom. The molecule has 0 aliphatic carbocycles. The van der Waals surface area contributed by atoms with Crippen LogP contribution < -0.4 is 0 Å². The van der Waals surface area contributed by atoms with Crippen molar-refractivity contribution < 1.29 is 9.59 Å². The molecule has 0 unspecified atom stereocenters. The van der Waals surface area contributed by atoms with Crippen molar-refractivity contribution in [2.24, 2.45) is 0 Å². The molecule has 0 amide bonds. The van der Waals surface area contributed by atoms with Gasteiger partial charge in [0, 0.05) is 11.1 Å². The predicted octanol–water partition coefficient (Wildman–Crippen LogP) is 4.55. The summed E-state index contributed by atoms with van der Waals surface area (Å²) < 4.78 is 0. The van der Waals surface area contributed by atoms with Crippen LogP contribution in [0, 0.1) is 0 Å². The predicted molar refractivity (Wildman–Crippen MR) is 80.5 cm³/mol. The van der Waals surface area contributed by atoms with Crippen molar-refractivity contribution >= 4 is 46.1 Å². The van der Waals surface area contributed by atoms with Gasteiger partial charge < -0.3 is 0 Å². The maximum absolute atomic E-state index is 10.4. The van der Waals surface area contributed by atoms with E-state index in [1.54, 1.807) is 48.5 Å². The molecule has 0 aromatic heterocycles. The molecule has 0 N–H and O–H groups in total. The average Bonchev–Trinajstić information content (AvgIpc) is 2.41. The molecule has 0 atom stereocenters. The Hall–Kier alpha value is -1.35. The SMILES string of the molecule is Cl.O=C(Cl)c1ccccc1.O=C(Cl)c1ccccc1. The van der Waals surface area contributed by atoms with Crippen molar-refractivity contribution in [3.05, 3.63) is 71.8 Å². The molecule has 5 heteroatoms. The first-order valence-electron chi connectivity index (χ1n) is 5.11. The van der Waals surface area contributed by atoms with E-state index in [0.29, 0.717) is 11.1 Å². The summed E-state index contributed by atoms with van der Waals surface area (Å²) >= 11 is 10.3. The third-order valence-corrected chi connectivity index (χ3v) is 2.44. The second-order valence-corrected chi connectivity index (χ2v) is 3.97. The molecule has 0 fully saturated rings. The van der Waals surface area contributed by atoms with Crippen LogP contribution in [0.2, 0.25) is 0 Å². The largest absolute Gasteiger partial charge is 0.276 e. The van der Waals surface area contributed by atoms with E-state index >= 15 is 0 Å². The molecule has 0 saturated heterocycles. The Labute approximate surface area is 127 Å². The monoisotopic (exact) mass is 316 g/mol. The first-order valence-corrected chi connectivity index (χ1v) is 5.86. The minimum atomic E-state index is -0.407. The Morgan fingerprint density at radius 2 is 0.895 bits per heavy atom. The molecule has 2 rings (SSSR count). The zero-order chi connectivity index (χ0) is 13.4. The van der Waals surface area contributed by atoms with Crippen LogP contribution in [0.5, 0.6) is 0 Å². The smallest absolute Gasteiger partial charge is 0.252 e. The first-order chi connectivity index (χ1) is 8.61. The third kappa shape index (κ3) is 6.97. The third-order valence-electron chi connectivity index (χ3n) is 2.00. The number of halogens is 3. The Balaban J connectivity index is 0.000000324. The molecule has 0 bridgehead atoms. The van der Waals surface area contributed by atoms with Gasteiger partial charge in [0.2, 0.25) is 0 Å². The zero-order valence-electron chi connectivity index (χ0n) is 9.75. The first kappa shape index (κ1) is 17.6. The van der Waals surface area contributed by atoms with Crippen molar-refractivity contribution in [3.63, 3.8) is 0 Å². The molecule has 19 heavy (non-hydrogen) atoms. The van der Waals surface area contributed by atoms with Crippen LogP contribution in [0.15, 0.2) is 60.7 Å². The molecule has 0 heterocycles. The number of hydrogen-bond donors (Lipinski definition) is 0. The molecule has 0 radical (unpaired) electrons. The number of rotatable bonds is 2. The van der Waals surface area contributed by atoms with E-state index in [4.69, 9.17) is 23.2 Å². The molecule has 100 valence electrons. The van der Waals surface area contributed by atoms with Crippen LogP contribution in [-0.2, 0) is 0 Å². The van der Waals surface area contributed by atoms with Gasteiger partial charge in [0.25, 0.3) is 10.5 Å². The summed E-state index contributed by atoms with van der Waals surface area (Å²) in [6, 6.07) is 17.5. The van der Waals surface area contributed by atoms with Gasteiger partial charge in [-0.3, -0.25) is 9.59 Å². The van der Waals surface area contributed by atoms with Crippen LogP contribution in [0.25, 0.3) is 0 Å². The lowest BCUT2D eigenvalue weighted by molar-refractivity contribution is 0.107. The Kier molecular flexibility index (Phi) is 8.88. The summed E-state index contributed by atoms with van der Waals surface area (Å²) in [4.78, 5) is 20.8. The highest BCUT2D eigenvalue weighted by atomic mass is 35.5. The molecular weight excluding hydrogens is 307 g/mol. The second kappa shape index (κ2) is 9.56. The van der Waals surface area contributed by atoms with Gasteiger partial charge in [0.1, 0.15) is 0 Å². The molecule has 0 spiro atoms. The lowest BCUT2D eigenvalue weighted by Crippen LogP contribution is -1.84. The highest BCUT2D eigenvalue weighted by Crippen LogP contribution is 2.01. The van der Waals surface area contributed by atoms with Crippen LogP contribution in [0.1, 0.15) is 20.7 Å². The van der Waals surface area contributed by atoms with Gasteiger partial charge in [-0.2, -0.15) is 0 Å². The summed E-state index contributed by atoms with van der Waals surface area (Å²) in [5.41, 5.74) is 1.08. The quantitative estimate of drug-likeness (QED) is 0.761. The highest BCUT2D eigenvalue weighted by molar-refractivity contribution is 6.68. The van der Waals surface area contributed by atoms with Gasteiger partial charge >= 0.3 is 0 Å². The summed E-state index contributed by atoms with van der Waals surface area (Å²) in [6.45, 7) is 0. The molecule has 0 saturated carbocycles. The number of carbonyl (C=O) groups is 2. The van der Waals surface area contributed by atoms with Crippen LogP contribution in [0.3, 0.4) is 0 Å². The molecular formula is C14H11Cl3O2. The summed E-state index contributed by atoms with van der Waals surface area (Å²) in [6.07, 6.45) is 0. The van der Waals surface area contributed by atoms with E-state index in [0.717, 1.165) is 0 Å². The van der Waals surface area contributed by atoms with Crippen molar-refractivity contribution in [1.82, 2.24) is 0 Å². The topological polar surface area (TPSA) is 34.1 Å². The normalized spacial score (nSPS) is 8.53. The van der Waals surface area contributed by atoms with Gasteiger partial charge in [0.15, 0.2) is 0 Å². The minimum Gasteiger partial charge on any atom is -0.276 e. The van der Waals surface area contributed by atoms with Gasteiger partial charge in [-0.15, -0.1) is 12.4 Å². The number of hydrogen-bond acceptors (Lipinski definition) is 2. The molecule has 0 aliphatic heterocycles. The van der Waals surface area contributed by atoms with Crippen molar-refractivity contribution in [3.8, 4) is 0 Å². The summed E-state index contributed by atoms with van der Waals surface area (Å²) in [5.74, 6) is 0. The molecule has 2 aromatic carbocycles. The van der Waals surface area contributed by atoms with Gasteiger partial charge in [-0.25, -0.2) is 0 Å². The van der Waals surface area contributed by atoms with Gasteiger partial charge in [-0.05, 0) is 23.2 Å². The average molecular weight is 318 g/mol. The zero-order valence-corrected chi connectivity index (χ0v) is 12.1. The molecule has 2 nitrogen and oxygen atoms in total. The van der Waals surface area contributed by atoms with E-state index in [2.05, 4.69) is 0 Å². The van der Waals surface area contributed by atoms with Gasteiger partial charge in [-0.1, -0.05) is 60.7 Å². The van der Waals surface area contributed by atoms with Gasteiger partial charge in [0.05, 0.1) is 0 Å². The minimum absolute atomic E-state index is 0. The molecule has 0 aliphatic rings. The van der Waals surface area contributed by atoms with Crippen LogP contribution >= 0.6 is 35.6 Å². The van der Waals surface area contributed by atoms with Crippen molar-refractivity contribution in [2.45, 2.75) is 0 Å². The maximum atomic E-state index is 10.4. The maximum Gasteiger partial charge on any atom is 0.252 e. The van der Waals surface area contributed by atoms with E-state index in [-0.39, 0.29) is 12.4 Å². The fourth-order valence-corrected chi connectivity index (χ4v) is 1.39. The lowest BCUT2D eigenvalue weighted by atomic mass is 10.2. The standard InChI is InChI=1S/2C7H5ClO.ClH/c2*8-7(9)6-4-2-1-3-5-6;/h2*1-5H;1H. The highest BCUT2D eigenvalue weighted by Gasteiger charge is 1.96. The number of benzene rings is 2. The van der Waals surface area contributed by atoms with Crippen LogP contribution in [-0.4, -0.2) is 10.5 Å². The van der Waals surface area contributed by atoms with E-state index in [1.165, 1.54) is 0 Å². The fraction of sp³-hybridized carbons (Fsp3) is 0. The Bertz CT molecular complexity index is 463. The van der Waals surface area contributed by atoms with Crippen LogP contribution in [0.4, 0.5) is 0 Å². The van der Waals surface area contributed by atoms with Crippen molar-refractivity contribution in [2.75, 3.05) is 0 Å². The second-order valence-electron chi connectivity index (χ2n) is 3.28. The summed E-state index contributed by atoms with van der Waals surface area (Å²) in [7, 11) is 0. The van der Waals surface area contributed by atoms with Crippen molar-refractivity contribution in [1.29, 1.82) is 0 Å².